The third kappa shape index (κ3) is 4.65. The van der Waals surface area contributed by atoms with Crippen LogP contribution >= 0.6 is 0 Å². The quantitative estimate of drug-likeness (QED) is 0.584. The molecular formula is C22H23N3O3. The van der Waals surface area contributed by atoms with Gasteiger partial charge in [0.2, 0.25) is 5.91 Å². The van der Waals surface area contributed by atoms with E-state index in [0.717, 1.165) is 29.5 Å². The van der Waals surface area contributed by atoms with Crippen LogP contribution in [-0.2, 0) is 22.6 Å². The van der Waals surface area contributed by atoms with E-state index < -0.39 is 17.8 Å². The fraction of sp³-hybridized carbons (Fsp3) is 0.227. The lowest BCUT2D eigenvalue weighted by atomic mass is 9.96. The lowest BCUT2D eigenvalue weighted by Crippen LogP contribution is -2.32. The van der Waals surface area contributed by atoms with E-state index in [-0.39, 0.29) is 6.54 Å². The van der Waals surface area contributed by atoms with Crippen LogP contribution in [0, 0.1) is 5.92 Å². The number of rotatable bonds is 8. The fourth-order valence-corrected chi connectivity index (χ4v) is 3.16. The largest absolute Gasteiger partial charge is 0.481 e. The van der Waals surface area contributed by atoms with Crippen LogP contribution in [0.2, 0.25) is 0 Å². The summed E-state index contributed by atoms with van der Waals surface area (Å²) in [6.45, 7) is 2.14. The zero-order valence-electron chi connectivity index (χ0n) is 15.7. The maximum absolute atomic E-state index is 12.6. The molecular weight excluding hydrogens is 354 g/mol. The van der Waals surface area contributed by atoms with Crippen LogP contribution in [0.5, 0.6) is 0 Å². The maximum atomic E-state index is 12.6. The number of carboxylic acid groups (broad SMARTS) is 1. The number of carbonyl (C=O) groups is 2. The topological polar surface area (TPSA) is 84.2 Å². The summed E-state index contributed by atoms with van der Waals surface area (Å²) in [5.74, 6) is -2.91. The highest BCUT2D eigenvalue weighted by Gasteiger charge is 2.27. The first-order valence-electron chi connectivity index (χ1n) is 9.26. The molecule has 0 spiro atoms. The van der Waals surface area contributed by atoms with E-state index in [0.29, 0.717) is 5.69 Å². The van der Waals surface area contributed by atoms with Crippen molar-refractivity contribution in [2.45, 2.75) is 26.3 Å². The molecule has 0 aliphatic carbocycles. The number of nitrogens with zero attached hydrogens (tertiary/aromatic N) is 2. The standard InChI is InChI=1S/C22H23N3O3/c1-2-6-17-13-18(9-10-19(17)16-7-4-3-5-8-16)24-21(26)20(22(27)28)14-25-12-11-23-15-25/h3-5,7-13,15,20H,2,6,14H2,1H3,(H,24,26)(H,27,28)/t20-/m0/s1. The Morgan fingerprint density at radius 3 is 2.61 bits per heavy atom. The van der Waals surface area contributed by atoms with Crippen LogP contribution in [0.4, 0.5) is 5.69 Å². The number of aryl methyl sites for hydroxylation is 1. The van der Waals surface area contributed by atoms with E-state index in [1.807, 2.05) is 36.4 Å². The Morgan fingerprint density at radius 2 is 1.96 bits per heavy atom. The summed E-state index contributed by atoms with van der Waals surface area (Å²) in [6, 6.07) is 15.8. The zero-order chi connectivity index (χ0) is 19.9. The molecule has 0 aliphatic heterocycles. The molecule has 2 aromatic carbocycles. The van der Waals surface area contributed by atoms with E-state index in [9.17, 15) is 14.7 Å². The van der Waals surface area contributed by atoms with Crippen LogP contribution in [0.3, 0.4) is 0 Å². The second-order valence-corrected chi connectivity index (χ2v) is 6.63. The van der Waals surface area contributed by atoms with Gasteiger partial charge in [0.15, 0.2) is 5.92 Å². The van der Waals surface area contributed by atoms with Crippen LogP contribution < -0.4 is 5.32 Å². The van der Waals surface area contributed by atoms with Gasteiger partial charge in [-0.25, -0.2) is 4.98 Å². The number of carboxylic acids is 1. The van der Waals surface area contributed by atoms with Gasteiger partial charge in [-0.2, -0.15) is 0 Å². The monoisotopic (exact) mass is 377 g/mol. The van der Waals surface area contributed by atoms with Gasteiger partial charge in [-0.15, -0.1) is 0 Å². The number of hydrogen-bond acceptors (Lipinski definition) is 3. The van der Waals surface area contributed by atoms with Crippen molar-refractivity contribution in [3.63, 3.8) is 0 Å². The van der Waals surface area contributed by atoms with Gasteiger partial charge in [-0.3, -0.25) is 9.59 Å². The Balaban J connectivity index is 1.81. The summed E-state index contributed by atoms with van der Waals surface area (Å²) in [6.07, 6.45) is 6.52. The molecule has 1 amide bonds. The minimum Gasteiger partial charge on any atom is -0.481 e. The highest BCUT2D eigenvalue weighted by Crippen LogP contribution is 2.27. The number of benzene rings is 2. The van der Waals surface area contributed by atoms with Gasteiger partial charge in [0.25, 0.3) is 0 Å². The molecule has 6 heteroatoms. The average Bonchev–Trinajstić information content (AvgIpc) is 3.20. The first-order chi connectivity index (χ1) is 13.6. The Bertz CT molecular complexity index is 937. The van der Waals surface area contributed by atoms with Gasteiger partial charge in [0, 0.05) is 24.6 Å². The van der Waals surface area contributed by atoms with E-state index >= 15 is 0 Å². The lowest BCUT2D eigenvalue weighted by Gasteiger charge is -2.16. The number of aromatic nitrogens is 2. The first-order valence-corrected chi connectivity index (χ1v) is 9.26. The second-order valence-electron chi connectivity index (χ2n) is 6.63. The molecule has 0 saturated carbocycles. The van der Waals surface area contributed by atoms with Crippen LogP contribution in [0.15, 0.2) is 67.3 Å². The second kappa shape index (κ2) is 8.99. The highest BCUT2D eigenvalue weighted by atomic mass is 16.4. The Kier molecular flexibility index (Phi) is 6.22. The number of amides is 1. The Hall–Kier alpha value is -3.41. The average molecular weight is 377 g/mol. The normalized spacial score (nSPS) is 11.8. The van der Waals surface area contributed by atoms with E-state index in [4.69, 9.17) is 0 Å². The molecule has 1 atom stereocenters. The zero-order valence-corrected chi connectivity index (χ0v) is 15.7. The predicted molar refractivity (Wildman–Crippen MR) is 108 cm³/mol. The van der Waals surface area contributed by atoms with Crippen molar-refractivity contribution in [3.05, 3.63) is 72.8 Å². The van der Waals surface area contributed by atoms with Crippen LogP contribution in [-0.4, -0.2) is 26.5 Å². The molecule has 3 rings (SSSR count). The first kappa shape index (κ1) is 19.4. The number of hydrogen-bond donors (Lipinski definition) is 2. The highest BCUT2D eigenvalue weighted by molar-refractivity contribution is 6.04. The van der Waals surface area contributed by atoms with Gasteiger partial charge in [0.05, 0.1) is 6.33 Å². The number of imidazole rings is 1. The fourth-order valence-electron chi connectivity index (χ4n) is 3.16. The van der Waals surface area contributed by atoms with Crippen LogP contribution in [0.25, 0.3) is 11.1 Å². The van der Waals surface area contributed by atoms with Crippen molar-refractivity contribution in [1.82, 2.24) is 9.55 Å². The van der Waals surface area contributed by atoms with E-state index in [1.54, 1.807) is 17.0 Å². The molecule has 0 saturated heterocycles. The molecule has 0 aliphatic rings. The van der Waals surface area contributed by atoms with E-state index in [2.05, 4.69) is 29.4 Å². The smallest absolute Gasteiger partial charge is 0.317 e. The minimum absolute atomic E-state index is 0.0328. The number of aliphatic carboxylic acids is 1. The molecule has 0 fully saturated rings. The van der Waals surface area contributed by atoms with Crippen LogP contribution in [0.1, 0.15) is 18.9 Å². The molecule has 0 radical (unpaired) electrons. The number of anilines is 1. The third-order valence-electron chi connectivity index (χ3n) is 4.54. The van der Waals surface area contributed by atoms with Gasteiger partial charge in [0.1, 0.15) is 0 Å². The molecule has 2 N–H and O–H groups in total. The molecule has 1 aromatic heterocycles. The molecule has 0 bridgehead atoms. The lowest BCUT2D eigenvalue weighted by molar-refractivity contribution is -0.146. The summed E-state index contributed by atoms with van der Waals surface area (Å²) < 4.78 is 1.58. The van der Waals surface area contributed by atoms with Gasteiger partial charge in [-0.05, 0) is 35.2 Å². The van der Waals surface area contributed by atoms with E-state index in [1.165, 1.54) is 6.33 Å². The molecule has 144 valence electrons. The Labute approximate surface area is 163 Å². The van der Waals surface area contributed by atoms with Crippen molar-refractivity contribution >= 4 is 17.6 Å². The van der Waals surface area contributed by atoms with Crippen molar-refractivity contribution in [2.75, 3.05) is 5.32 Å². The molecule has 0 unspecified atom stereocenters. The molecule has 3 aromatic rings. The molecule has 1 heterocycles. The minimum atomic E-state index is -1.20. The summed E-state index contributed by atoms with van der Waals surface area (Å²) in [5, 5.41) is 12.2. The predicted octanol–water partition coefficient (Wildman–Crippen LogP) is 3.84. The summed E-state index contributed by atoms with van der Waals surface area (Å²) in [5.41, 5.74) is 3.96. The third-order valence-corrected chi connectivity index (χ3v) is 4.54. The van der Waals surface area contributed by atoms with Crippen molar-refractivity contribution < 1.29 is 14.7 Å². The van der Waals surface area contributed by atoms with Crippen molar-refractivity contribution in [3.8, 4) is 11.1 Å². The van der Waals surface area contributed by atoms with Gasteiger partial charge < -0.3 is 15.0 Å². The number of carbonyl (C=O) groups excluding carboxylic acids is 1. The Morgan fingerprint density at radius 1 is 1.18 bits per heavy atom. The van der Waals surface area contributed by atoms with Crippen molar-refractivity contribution in [1.29, 1.82) is 0 Å². The molecule has 28 heavy (non-hydrogen) atoms. The van der Waals surface area contributed by atoms with Gasteiger partial charge >= 0.3 is 5.97 Å². The molecule has 6 nitrogen and oxygen atoms in total. The maximum Gasteiger partial charge on any atom is 0.317 e. The van der Waals surface area contributed by atoms with Crippen molar-refractivity contribution in [2.24, 2.45) is 5.92 Å². The number of nitrogens with one attached hydrogen (secondary N) is 1. The summed E-state index contributed by atoms with van der Waals surface area (Å²) in [7, 11) is 0. The van der Waals surface area contributed by atoms with Gasteiger partial charge in [-0.1, -0.05) is 49.7 Å². The summed E-state index contributed by atoms with van der Waals surface area (Å²) >= 11 is 0. The SMILES string of the molecule is CCCc1cc(NC(=O)[C@H](Cn2ccnc2)C(=O)O)ccc1-c1ccccc1. The summed E-state index contributed by atoms with van der Waals surface area (Å²) in [4.78, 5) is 28.0.